The van der Waals surface area contributed by atoms with Gasteiger partial charge in [0.05, 0.1) is 12.9 Å². The number of ether oxygens (including phenoxy) is 1. The van der Waals surface area contributed by atoms with Gasteiger partial charge in [-0.2, -0.15) is 0 Å². The minimum atomic E-state index is -0.473. The summed E-state index contributed by atoms with van der Waals surface area (Å²) in [6.45, 7) is 0. The van der Waals surface area contributed by atoms with Crippen molar-refractivity contribution in [3.05, 3.63) is 47.1 Å². The first-order chi connectivity index (χ1) is 16.1. The molecular formula is C24H28N4O3S2. The van der Waals surface area contributed by atoms with Crippen molar-refractivity contribution >= 4 is 40.0 Å². The van der Waals surface area contributed by atoms with E-state index in [1.807, 2.05) is 47.3 Å². The zero-order valence-electron chi connectivity index (χ0n) is 18.9. The van der Waals surface area contributed by atoms with Crippen molar-refractivity contribution in [2.45, 2.75) is 43.7 Å². The molecule has 9 heteroatoms. The second-order valence-electron chi connectivity index (χ2n) is 8.21. The van der Waals surface area contributed by atoms with Gasteiger partial charge in [0.1, 0.15) is 16.4 Å². The number of carbonyl (C=O) groups is 2. The molecule has 0 aliphatic heterocycles. The summed E-state index contributed by atoms with van der Waals surface area (Å²) in [6, 6.07) is 9.59. The van der Waals surface area contributed by atoms with Crippen LogP contribution in [0.15, 0.2) is 40.9 Å². The summed E-state index contributed by atoms with van der Waals surface area (Å²) in [5, 5.41) is 14.6. The van der Waals surface area contributed by atoms with E-state index in [0.29, 0.717) is 16.5 Å². The summed E-state index contributed by atoms with van der Waals surface area (Å²) in [7, 11) is 3.30. The summed E-state index contributed by atoms with van der Waals surface area (Å²) in [4.78, 5) is 25.2. The standard InChI is InChI=1S/C24H28N4O3S2/c1-28-19(13-16-9-5-3-6-10-16)26-27-24(28)33-15-20(29)25-22-21(23(30)31-2)18(14-32-22)17-11-7-4-8-12-17/h4,7-8,11-12,14,16H,3,5-6,9-10,13,15H2,1-2H3,(H,25,29). The Balaban J connectivity index is 1.40. The molecule has 1 amide bonds. The number of esters is 1. The van der Waals surface area contributed by atoms with Crippen LogP contribution in [0.5, 0.6) is 0 Å². The van der Waals surface area contributed by atoms with Crippen LogP contribution in [0, 0.1) is 5.92 Å². The van der Waals surface area contributed by atoms with Crippen molar-refractivity contribution in [3.8, 4) is 11.1 Å². The number of nitrogens with zero attached hydrogens (tertiary/aromatic N) is 3. The molecule has 2 aromatic heterocycles. The monoisotopic (exact) mass is 484 g/mol. The van der Waals surface area contributed by atoms with E-state index < -0.39 is 5.97 Å². The quantitative estimate of drug-likeness (QED) is 0.350. The Hall–Kier alpha value is -2.65. The number of rotatable bonds is 8. The van der Waals surface area contributed by atoms with E-state index in [2.05, 4.69) is 15.5 Å². The number of thiophene rings is 1. The van der Waals surface area contributed by atoms with Gasteiger partial charge >= 0.3 is 5.97 Å². The minimum absolute atomic E-state index is 0.175. The van der Waals surface area contributed by atoms with E-state index in [1.165, 1.54) is 62.3 Å². The van der Waals surface area contributed by atoms with Crippen molar-refractivity contribution in [2.24, 2.45) is 13.0 Å². The SMILES string of the molecule is COC(=O)c1c(-c2ccccc2)csc1NC(=O)CSc1nnc(CC2CCCCC2)n1C. The molecule has 174 valence electrons. The topological polar surface area (TPSA) is 86.1 Å². The van der Waals surface area contributed by atoms with Gasteiger partial charge < -0.3 is 14.6 Å². The Morgan fingerprint density at radius 2 is 1.94 bits per heavy atom. The van der Waals surface area contributed by atoms with Gasteiger partial charge in [-0.05, 0) is 11.5 Å². The van der Waals surface area contributed by atoms with Crippen molar-refractivity contribution < 1.29 is 14.3 Å². The van der Waals surface area contributed by atoms with Crippen LogP contribution in [0.25, 0.3) is 11.1 Å². The fourth-order valence-electron chi connectivity index (χ4n) is 4.18. The molecule has 0 radical (unpaired) electrons. The first-order valence-corrected chi connectivity index (χ1v) is 13.0. The molecule has 0 spiro atoms. The summed E-state index contributed by atoms with van der Waals surface area (Å²) in [5.41, 5.74) is 2.02. The molecule has 0 saturated heterocycles. The molecule has 2 heterocycles. The van der Waals surface area contributed by atoms with Gasteiger partial charge in [0.15, 0.2) is 5.16 Å². The highest BCUT2D eigenvalue weighted by Gasteiger charge is 2.23. The maximum absolute atomic E-state index is 12.7. The molecule has 1 saturated carbocycles. The maximum atomic E-state index is 12.7. The van der Waals surface area contributed by atoms with Crippen molar-refractivity contribution in [2.75, 3.05) is 18.2 Å². The summed E-state index contributed by atoms with van der Waals surface area (Å²) in [5.74, 6) is 1.15. The Kier molecular flexibility index (Phi) is 7.82. The van der Waals surface area contributed by atoms with Crippen LogP contribution in [-0.4, -0.2) is 39.5 Å². The van der Waals surface area contributed by atoms with Gasteiger partial charge in [0.2, 0.25) is 5.91 Å². The average Bonchev–Trinajstić information content (AvgIpc) is 3.42. The summed E-state index contributed by atoms with van der Waals surface area (Å²) >= 11 is 2.66. The number of carbonyl (C=O) groups excluding carboxylic acids is 2. The van der Waals surface area contributed by atoms with Gasteiger partial charge in [-0.3, -0.25) is 4.79 Å². The van der Waals surface area contributed by atoms with E-state index in [4.69, 9.17) is 4.74 Å². The van der Waals surface area contributed by atoms with Gasteiger partial charge in [-0.1, -0.05) is 74.2 Å². The molecule has 4 rings (SSSR count). The number of benzene rings is 1. The molecule has 3 aromatic rings. The number of methoxy groups -OCH3 is 1. The fourth-order valence-corrected chi connectivity index (χ4v) is 5.88. The smallest absolute Gasteiger partial charge is 0.341 e. The molecule has 1 N–H and O–H groups in total. The van der Waals surface area contributed by atoms with Crippen molar-refractivity contribution in [1.29, 1.82) is 0 Å². The molecule has 7 nitrogen and oxygen atoms in total. The number of hydrogen-bond donors (Lipinski definition) is 1. The number of hydrogen-bond acceptors (Lipinski definition) is 7. The Morgan fingerprint density at radius 3 is 2.67 bits per heavy atom. The van der Waals surface area contributed by atoms with E-state index in [-0.39, 0.29) is 11.7 Å². The lowest BCUT2D eigenvalue weighted by atomic mass is 9.87. The van der Waals surface area contributed by atoms with Gasteiger partial charge in [0.25, 0.3) is 0 Å². The largest absolute Gasteiger partial charge is 0.465 e. The molecule has 1 aromatic carbocycles. The van der Waals surface area contributed by atoms with E-state index in [0.717, 1.165) is 28.5 Å². The lowest BCUT2D eigenvalue weighted by Crippen LogP contribution is -2.16. The fraction of sp³-hybridized carbons (Fsp3) is 0.417. The highest BCUT2D eigenvalue weighted by Crippen LogP contribution is 2.36. The lowest BCUT2D eigenvalue weighted by Gasteiger charge is -2.20. The van der Waals surface area contributed by atoms with Crippen LogP contribution < -0.4 is 5.32 Å². The Bertz CT molecular complexity index is 1100. The number of aromatic nitrogens is 3. The highest BCUT2D eigenvalue weighted by atomic mass is 32.2. The molecule has 1 fully saturated rings. The minimum Gasteiger partial charge on any atom is -0.465 e. The number of amides is 1. The third kappa shape index (κ3) is 5.65. The number of thioether (sulfide) groups is 1. The first-order valence-electron chi connectivity index (χ1n) is 11.1. The molecule has 1 aliphatic carbocycles. The number of anilines is 1. The van der Waals surface area contributed by atoms with Gasteiger partial charge in [-0.15, -0.1) is 21.5 Å². The summed E-state index contributed by atoms with van der Waals surface area (Å²) in [6.07, 6.45) is 7.38. The Labute approximate surface area is 201 Å². The molecule has 0 atom stereocenters. The molecule has 33 heavy (non-hydrogen) atoms. The Morgan fingerprint density at radius 1 is 1.18 bits per heavy atom. The van der Waals surface area contributed by atoms with Crippen molar-refractivity contribution in [1.82, 2.24) is 14.8 Å². The van der Waals surface area contributed by atoms with Crippen LogP contribution in [-0.2, 0) is 23.0 Å². The molecule has 1 aliphatic rings. The van der Waals surface area contributed by atoms with Crippen LogP contribution in [0.4, 0.5) is 5.00 Å². The second-order valence-corrected chi connectivity index (χ2v) is 10.0. The predicted octanol–water partition coefficient (Wildman–Crippen LogP) is 5.18. The molecule has 0 bridgehead atoms. The lowest BCUT2D eigenvalue weighted by molar-refractivity contribution is -0.113. The highest BCUT2D eigenvalue weighted by molar-refractivity contribution is 7.99. The molecular weight excluding hydrogens is 456 g/mol. The van der Waals surface area contributed by atoms with Gasteiger partial charge in [-0.25, -0.2) is 4.79 Å². The van der Waals surface area contributed by atoms with Gasteiger partial charge in [0, 0.05) is 24.4 Å². The van der Waals surface area contributed by atoms with Crippen molar-refractivity contribution in [3.63, 3.8) is 0 Å². The predicted molar refractivity (Wildman–Crippen MR) is 132 cm³/mol. The maximum Gasteiger partial charge on any atom is 0.341 e. The normalized spacial score (nSPS) is 14.2. The zero-order valence-corrected chi connectivity index (χ0v) is 20.5. The van der Waals surface area contributed by atoms with Crippen LogP contribution in [0.2, 0.25) is 0 Å². The van der Waals surface area contributed by atoms with E-state index >= 15 is 0 Å². The molecule has 0 unspecified atom stereocenters. The van der Waals surface area contributed by atoms with Crippen LogP contribution in [0.3, 0.4) is 0 Å². The zero-order chi connectivity index (χ0) is 23.2. The van der Waals surface area contributed by atoms with Crippen LogP contribution in [0.1, 0.15) is 48.3 Å². The average molecular weight is 485 g/mol. The van der Waals surface area contributed by atoms with E-state index in [9.17, 15) is 9.59 Å². The van der Waals surface area contributed by atoms with E-state index in [1.54, 1.807) is 0 Å². The number of nitrogens with one attached hydrogen (secondary N) is 1. The first kappa shape index (κ1) is 23.5. The van der Waals surface area contributed by atoms with Crippen LogP contribution >= 0.6 is 23.1 Å². The summed E-state index contributed by atoms with van der Waals surface area (Å²) < 4.78 is 6.97. The third-order valence-corrected chi connectivity index (χ3v) is 7.89. The second kappa shape index (κ2) is 11.0. The third-order valence-electron chi connectivity index (χ3n) is 5.97.